The SMILES string of the molecule is CCOc1ncccc1NC(=O)c1ccc(F)cc1F. The summed E-state index contributed by atoms with van der Waals surface area (Å²) in [6.07, 6.45) is 1.51. The standard InChI is InChI=1S/C14H12F2N2O2/c1-2-20-14-12(4-3-7-17-14)18-13(19)10-6-5-9(15)8-11(10)16/h3-8H,2H2,1H3,(H,18,19). The summed E-state index contributed by atoms with van der Waals surface area (Å²) in [6, 6.07) is 5.94. The summed E-state index contributed by atoms with van der Waals surface area (Å²) in [7, 11) is 0. The van der Waals surface area contributed by atoms with Gasteiger partial charge in [-0.25, -0.2) is 13.8 Å². The van der Waals surface area contributed by atoms with E-state index in [0.717, 1.165) is 12.1 Å². The van der Waals surface area contributed by atoms with Gasteiger partial charge in [0.2, 0.25) is 5.88 Å². The molecule has 1 N–H and O–H groups in total. The number of hydrogen-bond donors (Lipinski definition) is 1. The molecule has 6 heteroatoms. The molecule has 0 aliphatic heterocycles. The molecule has 0 aliphatic carbocycles. The summed E-state index contributed by atoms with van der Waals surface area (Å²) in [4.78, 5) is 15.9. The topological polar surface area (TPSA) is 51.2 Å². The number of ether oxygens (including phenoxy) is 1. The number of nitrogens with one attached hydrogen (secondary N) is 1. The first-order valence-electron chi connectivity index (χ1n) is 5.96. The minimum atomic E-state index is -0.927. The Morgan fingerprint density at radius 1 is 1.35 bits per heavy atom. The van der Waals surface area contributed by atoms with Crippen molar-refractivity contribution >= 4 is 11.6 Å². The van der Waals surface area contributed by atoms with E-state index in [1.807, 2.05) is 0 Å². The van der Waals surface area contributed by atoms with E-state index in [-0.39, 0.29) is 11.4 Å². The lowest BCUT2D eigenvalue weighted by molar-refractivity contribution is 0.102. The third kappa shape index (κ3) is 3.09. The summed E-state index contributed by atoms with van der Waals surface area (Å²) in [5, 5.41) is 2.48. The van der Waals surface area contributed by atoms with Crippen LogP contribution in [-0.4, -0.2) is 17.5 Å². The molecule has 104 valence electrons. The molecule has 0 spiro atoms. The second-order valence-electron chi connectivity index (χ2n) is 3.87. The molecule has 1 aromatic heterocycles. The highest BCUT2D eigenvalue weighted by Crippen LogP contribution is 2.21. The molecule has 0 bridgehead atoms. The second-order valence-corrected chi connectivity index (χ2v) is 3.87. The number of nitrogens with zero attached hydrogens (tertiary/aromatic N) is 1. The average molecular weight is 278 g/mol. The Labute approximate surface area is 114 Å². The summed E-state index contributed by atoms with van der Waals surface area (Å²) in [5.41, 5.74) is 0.0702. The first-order valence-corrected chi connectivity index (χ1v) is 5.96. The molecule has 0 radical (unpaired) electrons. The van der Waals surface area contributed by atoms with Gasteiger partial charge in [-0.3, -0.25) is 4.79 Å². The molecule has 1 heterocycles. The number of aromatic nitrogens is 1. The maximum absolute atomic E-state index is 13.5. The molecule has 1 amide bonds. The lowest BCUT2D eigenvalue weighted by Gasteiger charge is -2.10. The molecule has 2 rings (SSSR count). The van der Waals surface area contributed by atoms with Gasteiger partial charge in [0.15, 0.2) is 0 Å². The Morgan fingerprint density at radius 2 is 2.15 bits per heavy atom. The number of rotatable bonds is 4. The number of carbonyl (C=O) groups is 1. The van der Waals surface area contributed by atoms with Gasteiger partial charge in [0, 0.05) is 12.3 Å². The zero-order valence-corrected chi connectivity index (χ0v) is 10.7. The molecule has 2 aromatic rings. The number of pyridine rings is 1. The number of amides is 1. The fourth-order valence-corrected chi connectivity index (χ4v) is 1.60. The van der Waals surface area contributed by atoms with Crippen LogP contribution in [0.15, 0.2) is 36.5 Å². The number of halogens is 2. The van der Waals surface area contributed by atoms with E-state index >= 15 is 0 Å². The third-order valence-corrected chi connectivity index (χ3v) is 2.48. The van der Waals surface area contributed by atoms with Crippen LogP contribution < -0.4 is 10.1 Å². The lowest BCUT2D eigenvalue weighted by atomic mass is 10.2. The summed E-state index contributed by atoms with van der Waals surface area (Å²) in [5.74, 6) is -2.12. The minimum Gasteiger partial charge on any atom is -0.476 e. The van der Waals surface area contributed by atoms with Crippen LogP contribution in [0.3, 0.4) is 0 Å². The van der Waals surface area contributed by atoms with Gasteiger partial charge in [0.05, 0.1) is 12.2 Å². The van der Waals surface area contributed by atoms with Crippen molar-refractivity contribution < 1.29 is 18.3 Å². The van der Waals surface area contributed by atoms with Gasteiger partial charge in [-0.15, -0.1) is 0 Å². The number of benzene rings is 1. The average Bonchev–Trinajstić information content (AvgIpc) is 2.41. The smallest absolute Gasteiger partial charge is 0.258 e. The largest absolute Gasteiger partial charge is 0.476 e. The first-order chi connectivity index (χ1) is 9.61. The van der Waals surface area contributed by atoms with E-state index in [0.29, 0.717) is 18.4 Å². The van der Waals surface area contributed by atoms with E-state index in [9.17, 15) is 13.6 Å². The van der Waals surface area contributed by atoms with Crippen LogP contribution in [0.4, 0.5) is 14.5 Å². The van der Waals surface area contributed by atoms with Crippen molar-refractivity contribution in [1.29, 1.82) is 0 Å². The van der Waals surface area contributed by atoms with Crippen LogP contribution in [0, 0.1) is 11.6 Å². The Kier molecular flexibility index (Phi) is 4.24. The summed E-state index contributed by atoms with van der Waals surface area (Å²) < 4.78 is 31.5. The highest BCUT2D eigenvalue weighted by Gasteiger charge is 2.15. The van der Waals surface area contributed by atoms with Crippen LogP contribution >= 0.6 is 0 Å². The van der Waals surface area contributed by atoms with E-state index in [1.165, 1.54) is 6.20 Å². The molecule has 0 fully saturated rings. The zero-order chi connectivity index (χ0) is 14.5. The van der Waals surface area contributed by atoms with Crippen molar-refractivity contribution in [1.82, 2.24) is 4.98 Å². The van der Waals surface area contributed by atoms with E-state index in [4.69, 9.17) is 4.74 Å². The normalized spacial score (nSPS) is 10.2. The molecular weight excluding hydrogens is 266 g/mol. The van der Waals surface area contributed by atoms with Crippen LogP contribution in [0.1, 0.15) is 17.3 Å². The first kappa shape index (κ1) is 13.9. The van der Waals surface area contributed by atoms with Crippen LogP contribution in [0.25, 0.3) is 0 Å². The monoisotopic (exact) mass is 278 g/mol. The van der Waals surface area contributed by atoms with Gasteiger partial charge in [0.25, 0.3) is 5.91 Å². The minimum absolute atomic E-state index is 0.242. The molecule has 0 saturated carbocycles. The quantitative estimate of drug-likeness (QED) is 0.935. The van der Waals surface area contributed by atoms with Crippen molar-refractivity contribution in [2.24, 2.45) is 0 Å². The Balaban J connectivity index is 2.23. The van der Waals surface area contributed by atoms with Gasteiger partial charge in [-0.05, 0) is 31.2 Å². The molecular formula is C14H12F2N2O2. The van der Waals surface area contributed by atoms with Crippen LogP contribution in [-0.2, 0) is 0 Å². The summed E-state index contributed by atoms with van der Waals surface area (Å²) in [6.45, 7) is 2.16. The molecule has 20 heavy (non-hydrogen) atoms. The van der Waals surface area contributed by atoms with E-state index in [1.54, 1.807) is 19.1 Å². The van der Waals surface area contributed by atoms with E-state index < -0.39 is 17.5 Å². The predicted molar refractivity (Wildman–Crippen MR) is 69.7 cm³/mol. The molecule has 4 nitrogen and oxygen atoms in total. The van der Waals surface area contributed by atoms with Gasteiger partial charge in [-0.2, -0.15) is 0 Å². The Bertz CT molecular complexity index is 632. The maximum Gasteiger partial charge on any atom is 0.258 e. The maximum atomic E-state index is 13.5. The molecule has 0 atom stereocenters. The van der Waals surface area contributed by atoms with Gasteiger partial charge >= 0.3 is 0 Å². The van der Waals surface area contributed by atoms with Crippen molar-refractivity contribution in [3.8, 4) is 5.88 Å². The second kappa shape index (κ2) is 6.10. The fraction of sp³-hybridized carbons (Fsp3) is 0.143. The molecule has 0 saturated heterocycles. The van der Waals surface area contributed by atoms with Crippen molar-refractivity contribution in [3.63, 3.8) is 0 Å². The predicted octanol–water partition coefficient (Wildman–Crippen LogP) is 3.01. The molecule has 0 aliphatic rings. The number of carbonyl (C=O) groups excluding carboxylic acids is 1. The van der Waals surface area contributed by atoms with Crippen molar-refractivity contribution in [2.75, 3.05) is 11.9 Å². The number of hydrogen-bond acceptors (Lipinski definition) is 3. The highest BCUT2D eigenvalue weighted by atomic mass is 19.1. The van der Waals surface area contributed by atoms with Crippen LogP contribution in [0.2, 0.25) is 0 Å². The lowest BCUT2D eigenvalue weighted by Crippen LogP contribution is -2.15. The van der Waals surface area contributed by atoms with Crippen LogP contribution in [0.5, 0.6) is 5.88 Å². The molecule has 1 aromatic carbocycles. The van der Waals surface area contributed by atoms with E-state index in [2.05, 4.69) is 10.3 Å². The number of anilines is 1. The van der Waals surface area contributed by atoms with Gasteiger partial charge in [-0.1, -0.05) is 0 Å². The van der Waals surface area contributed by atoms with Crippen molar-refractivity contribution in [3.05, 3.63) is 53.7 Å². The fourth-order valence-electron chi connectivity index (χ4n) is 1.60. The van der Waals surface area contributed by atoms with Crippen molar-refractivity contribution in [2.45, 2.75) is 6.92 Å². The van der Waals surface area contributed by atoms with Gasteiger partial charge in [0.1, 0.15) is 17.3 Å². The third-order valence-electron chi connectivity index (χ3n) is 2.48. The van der Waals surface area contributed by atoms with Gasteiger partial charge < -0.3 is 10.1 Å². The highest BCUT2D eigenvalue weighted by molar-refractivity contribution is 6.05. The molecule has 0 unspecified atom stereocenters. The Hall–Kier alpha value is -2.50. The summed E-state index contributed by atoms with van der Waals surface area (Å²) >= 11 is 0. The Morgan fingerprint density at radius 3 is 2.85 bits per heavy atom. The zero-order valence-electron chi connectivity index (χ0n) is 10.7.